The molecule has 1 unspecified atom stereocenters. The van der Waals surface area contributed by atoms with Gasteiger partial charge in [-0.25, -0.2) is 0 Å². The molecule has 0 aliphatic rings. The maximum absolute atomic E-state index is 11.7. The van der Waals surface area contributed by atoms with Crippen molar-refractivity contribution in [2.75, 3.05) is 13.1 Å². The van der Waals surface area contributed by atoms with Gasteiger partial charge in [-0.3, -0.25) is 4.79 Å². The number of carbonyl (C=O) groups is 1. The van der Waals surface area contributed by atoms with E-state index in [2.05, 4.69) is 13.5 Å². The van der Waals surface area contributed by atoms with Crippen LogP contribution in [-0.2, 0) is 4.79 Å². The third kappa shape index (κ3) is 5.75. The lowest BCUT2D eigenvalue weighted by molar-refractivity contribution is -0.130. The van der Waals surface area contributed by atoms with E-state index in [1.165, 1.54) is 0 Å². The van der Waals surface area contributed by atoms with Crippen molar-refractivity contribution in [1.29, 1.82) is 0 Å². The molecule has 1 amide bonds. The van der Waals surface area contributed by atoms with Gasteiger partial charge in [-0.05, 0) is 19.8 Å². The number of rotatable bonds is 7. The number of hydrogen-bond acceptors (Lipinski definition) is 2. The monoisotopic (exact) mass is 198 g/mol. The molecule has 0 heterocycles. The van der Waals surface area contributed by atoms with Gasteiger partial charge < -0.3 is 10.6 Å². The fourth-order valence-corrected chi connectivity index (χ4v) is 1.25. The van der Waals surface area contributed by atoms with Crippen molar-refractivity contribution in [3.05, 3.63) is 12.7 Å². The van der Waals surface area contributed by atoms with Crippen LogP contribution in [0.15, 0.2) is 12.7 Å². The highest BCUT2D eigenvalue weighted by molar-refractivity contribution is 5.76. The van der Waals surface area contributed by atoms with E-state index in [1.807, 2.05) is 11.8 Å². The Morgan fingerprint density at radius 2 is 2.29 bits per heavy atom. The molecule has 0 aromatic carbocycles. The van der Waals surface area contributed by atoms with E-state index < -0.39 is 0 Å². The van der Waals surface area contributed by atoms with Gasteiger partial charge in [0.05, 0.1) is 0 Å². The molecule has 14 heavy (non-hydrogen) atoms. The second-order valence-corrected chi connectivity index (χ2v) is 3.64. The van der Waals surface area contributed by atoms with Crippen LogP contribution in [0, 0.1) is 0 Å². The quantitative estimate of drug-likeness (QED) is 0.631. The molecule has 0 rings (SSSR count). The van der Waals surface area contributed by atoms with E-state index in [0.29, 0.717) is 13.0 Å². The maximum Gasteiger partial charge on any atom is 0.222 e. The number of amides is 1. The van der Waals surface area contributed by atoms with Gasteiger partial charge in [0.15, 0.2) is 0 Å². The van der Waals surface area contributed by atoms with E-state index in [0.717, 1.165) is 19.4 Å². The lowest BCUT2D eigenvalue weighted by Crippen LogP contribution is -2.32. The summed E-state index contributed by atoms with van der Waals surface area (Å²) in [4.78, 5) is 13.5. The summed E-state index contributed by atoms with van der Waals surface area (Å²) >= 11 is 0. The summed E-state index contributed by atoms with van der Waals surface area (Å²) in [5.41, 5.74) is 5.60. The van der Waals surface area contributed by atoms with Crippen LogP contribution in [0.25, 0.3) is 0 Å². The molecule has 3 nitrogen and oxygen atoms in total. The van der Waals surface area contributed by atoms with Crippen LogP contribution in [0.5, 0.6) is 0 Å². The predicted molar refractivity (Wildman–Crippen MR) is 60.0 cm³/mol. The minimum Gasteiger partial charge on any atom is -0.339 e. The first-order chi connectivity index (χ1) is 6.61. The number of hydrogen-bond donors (Lipinski definition) is 1. The standard InChI is InChI=1S/C11H22N2O/c1-4-8-13(9-5-2)11(14)7-6-10(3)12/h4,10H,1,5-9,12H2,2-3H3. The normalized spacial score (nSPS) is 12.2. The van der Waals surface area contributed by atoms with Crippen LogP contribution >= 0.6 is 0 Å². The van der Waals surface area contributed by atoms with Gasteiger partial charge >= 0.3 is 0 Å². The summed E-state index contributed by atoms with van der Waals surface area (Å²) in [7, 11) is 0. The van der Waals surface area contributed by atoms with E-state index in [-0.39, 0.29) is 11.9 Å². The zero-order valence-corrected chi connectivity index (χ0v) is 9.33. The van der Waals surface area contributed by atoms with Gasteiger partial charge in [0.1, 0.15) is 0 Å². The Balaban J connectivity index is 3.94. The minimum absolute atomic E-state index is 0.103. The van der Waals surface area contributed by atoms with Crippen LogP contribution in [0.1, 0.15) is 33.1 Å². The molecule has 0 aliphatic carbocycles. The second-order valence-electron chi connectivity index (χ2n) is 3.64. The topological polar surface area (TPSA) is 46.3 Å². The Bertz CT molecular complexity index is 178. The molecule has 0 spiro atoms. The Labute approximate surface area is 87.0 Å². The number of nitrogens with zero attached hydrogens (tertiary/aromatic N) is 1. The highest BCUT2D eigenvalue weighted by atomic mass is 16.2. The van der Waals surface area contributed by atoms with Crippen LogP contribution in [0.3, 0.4) is 0 Å². The molecule has 0 aromatic rings. The lowest BCUT2D eigenvalue weighted by Gasteiger charge is -2.20. The van der Waals surface area contributed by atoms with E-state index in [9.17, 15) is 4.79 Å². The van der Waals surface area contributed by atoms with Crippen LogP contribution in [-0.4, -0.2) is 29.9 Å². The van der Waals surface area contributed by atoms with Crippen molar-refractivity contribution >= 4 is 5.91 Å². The van der Waals surface area contributed by atoms with Crippen LogP contribution in [0.4, 0.5) is 0 Å². The first-order valence-corrected chi connectivity index (χ1v) is 5.26. The van der Waals surface area contributed by atoms with Gasteiger partial charge in [-0.1, -0.05) is 13.0 Å². The van der Waals surface area contributed by atoms with Crippen molar-refractivity contribution in [3.63, 3.8) is 0 Å². The molecule has 3 heteroatoms. The van der Waals surface area contributed by atoms with Gasteiger partial charge in [0.25, 0.3) is 0 Å². The molecule has 0 fully saturated rings. The minimum atomic E-state index is 0.103. The fraction of sp³-hybridized carbons (Fsp3) is 0.727. The Morgan fingerprint density at radius 3 is 2.71 bits per heavy atom. The summed E-state index contributed by atoms with van der Waals surface area (Å²) < 4.78 is 0. The molecule has 0 aliphatic heterocycles. The molecule has 0 saturated heterocycles. The average molecular weight is 198 g/mol. The van der Waals surface area contributed by atoms with Gasteiger partial charge in [-0.15, -0.1) is 6.58 Å². The van der Waals surface area contributed by atoms with Crippen molar-refractivity contribution in [2.45, 2.75) is 39.2 Å². The Morgan fingerprint density at radius 1 is 1.64 bits per heavy atom. The molecule has 1 atom stereocenters. The highest BCUT2D eigenvalue weighted by Gasteiger charge is 2.11. The molecule has 0 radical (unpaired) electrons. The highest BCUT2D eigenvalue weighted by Crippen LogP contribution is 2.01. The molecular formula is C11H22N2O. The smallest absolute Gasteiger partial charge is 0.222 e. The zero-order chi connectivity index (χ0) is 11.0. The predicted octanol–water partition coefficient (Wildman–Crippen LogP) is 1.54. The van der Waals surface area contributed by atoms with E-state index in [1.54, 1.807) is 6.08 Å². The second kappa shape index (κ2) is 7.56. The Kier molecular flexibility index (Phi) is 7.11. The average Bonchev–Trinajstić information content (AvgIpc) is 2.14. The van der Waals surface area contributed by atoms with Gasteiger partial charge in [-0.2, -0.15) is 0 Å². The lowest BCUT2D eigenvalue weighted by atomic mass is 10.2. The summed E-state index contributed by atoms with van der Waals surface area (Å²) in [5, 5.41) is 0. The molecule has 0 saturated carbocycles. The van der Waals surface area contributed by atoms with Crippen LogP contribution in [0.2, 0.25) is 0 Å². The molecule has 0 aromatic heterocycles. The molecule has 82 valence electrons. The van der Waals surface area contributed by atoms with Gasteiger partial charge in [0.2, 0.25) is 5.91 Å². The van der Waals surface area contributed by atoms with Crippen molar-refractivity contribution in [1.82, 2.24) is 4.90 Å². The molecule has 2 N–H and O–H groups in total. The van der Waals surface area contributed by atoms with Crippen molar-refractivity contribution in [2.24, 2.45) is 5.73 Å². The molecule has 0 bridgehead atoms. The summed E-state index contributed by atoms with van der Waals surface area (Å²) in [6, 6.07) is 0.103. The van der Waals surface area contributed by atoms with E-state index in [4.69, 9.17) is 5.73 Å². The number of carbonyl (C=O) groups excluding carboxylic acids is 1. The third-order valence-electron chi connectivity index (χ3n) is 2.01. The van der Waals surface area contributed by atoms with Crippen molar-refractivity contribution < 1.29 is 4.79 Å². The summed E-state index contributed by atoms with van der Waals surface area (Å²) in [5.74, 6) is 0.184. The summed E-state index contributed by atoms with van der Waals surface area (Å²) in [6.45, 7) is 9.08. The first kappa shape index (κ1) is 13.2. The molecular weight excluding hydrogens is 176 g/mol. The Hall–Kier alpha value is -0.830. The first-order valence-electron chi connectivity index (χ1n) is 5.26. The fourth-order valence-electron chi connectivity index (χ4n) is 1.25. The zero-order valence-electron chi connectivity index (χ0n) is 9.33. The SMILES string of the molecule is C=CCN(CCC)C(=O)CCC(C)N. The largest absolute Gasteiger partial charge is 0.339 e. The summed E-state index contributed by atoms with van der Waals surface area (Å²) in [6.07, 6.45) is 4.05. The van der Waals surface area contributed by atoms with Gasteiger partial charge in [0, 0.05) is 25.6 Å². The van der Waals surface area contributed by atoms with E-state index >= 15 is 0 Å². The maximum atomic E-state index is 11.7. The van der Waals surface area contributed by atoms with Crippen LogP contribution < -0.4 is 5.73 Å². The van der Waals surface area contributed by atoms with Crippen molar-refractivity contribution in [3.8, 4) is 0 Å². The number of nitrogens with two attached hydrogens (primary N) is 1. The third-order valence-corrected chi connectivity index (χ3v) is 2.01.